The highest BCUT2D eigenvalue weighted by molar-refractivity contribution is 5.80. The van der Waals surface area contributed by atoms with Crippen molar-refractivity contribution in [2.24, 2.45) is 0 Å². The Morgan fingerprint density at radius 2 is 1.28 bits per heavy atom. The summed E-state index contributed by atoms with van der Waals surface area (Å²) in [7, 11) is 0. The third kappa shape index (κ3) is 13.4. The van der Waals surface area contributed by atoms with Crippen LogP contribution in [0.5, 0.6) is 0 Å². The molecular formula is C16H30O2. The number of rotatable bonds is 14. The first-order valence-corrected chi connectivity index (χ1v) is 7.76. The molecule has 0 aromatic heterocycles. The number of aldehydes is 1. The van der Waals surface area contributed by atoms with Gasteiger partial charge in [-0.25, -0.2) is 0 Å². The molecule has 0 heterocycles. The van der Waals surface area contributed by atoms with Crippen LogP contribution in [0.1, 0.15) is 90.4 Å². The van der Waals surface area contributed by atoms with Crippen LogP contribution >= 0.6 is 0 Å². The standard InChI is InChI=1S/C16H30O2/c1-2-3-4-5-6-7-8-9-10-11-13-16(18)14-12-15-17/h15H,2-14H2,1H3. The van der Waals surface area contributed by atoms with Crippen molar-refractivity contribution in [3.8, 4) is 0 Å². The quantitative estimate of drug-likeness (QED) is 0.328. The van der Waals surface area contributed by atoms with Crippen molar-refractivity contribution in [2.75, 3.05) is 0 Å². The molecule has 0 aliphatic heterocycles. The SMILES string of the molecule is CCCCCCCCCCCCC(=O)CCC=O. The molecular weight excluding hydrogens is 224 g/mol. The van der Waals surface area contributed by atoms with E-state index in [1.807, 2.05) is 0 Å². The van der Waals surface area contributed by atoms with Crippen LogP contribution in [0.2, 0.25) is 0 Å². The number of carbonyl (C=O) groups is 2. The molecule has 0 aromatic carbocycles. The van der Waals surface area contributed by atoms with Gasteiger partial charge in [-0.1, -0.05) is 64.7 Å². The minimum Gasteiger partial charge on any atom is -0.303 e. The fourth-order valence-electron chi connectivity index (χ4n) is 2.15. The van der Waals surface area contributed by atoms with Crippen LogP contribution in [-0.4, -0.2) is 12.1 Å². The van der Waals surface area contributed by atoms with Crippen LogP contribution < -0.4 is 0 Å². The van der Waals surface area contributed by atoms with Crippen molar-refractivity contribution in [3.63, 3.8) is 0 Å². The van der Waals surface area contributed by atoms with E-state index in [0.29, 0.717) is 19.3 Å². The van der Waals surface area contributed by atoms with Crippen molar-refractivity contribution in [3.05, 3.63) is 0 Å². The highest BCUT2D eigenvalue weighted by Gasteiger charge is 2.00. The Kier molecular flexibility index (Phi) is 13.9. The zero-order valence-electron chi connectivity index (χ0n) is 12.1. The third-order valence-electron chi connectivity index (χ3n) is 3.35. The Hall–Kier alpha value is -0.660. The Morgan fingerprint density at radius 1 is 0.778 bits per heavy atom. The van der Waals surface area contributed by atoms with Gasteiger partial charge < -0.3 is 4.79 Å². The largest absolute Gasteiger partial charge is 0.303 e. The zero-order valence-corrected chi connectivity index (χ0v) is 12.1. The topological polar surface area (TPSA) is 34.1 Å². The predicted molar refractivity (Wildman–Crippen MR) is 76.8 cm³/mol. The summed E-state index contributed by atoms with van der Waals surface area (Å²) in [5, 5.41) is 0. The van der Waals surface area contributed by atoms with E-state index in [9.17, 15) is 9.59 Å². The number of carbonyl (C=O) groups excluding carboxylic acids is 2. The van der Waals surface area contributed by atoms with Crippen LogP contribution in [-0.2, 0) is 9.59 Å². The molecule has 0 bridgehead atoms. The van der Waals surface area contributed by atoms with Crippen LogP contribution in [0.25, 0.3) is 0 Å². The summed E-state index contributed by atoms with van der Waals surface area (Å²) in [4.78, 5) is 21.4. The van der Waals surface area contributed by atoms with Gasteiger partial charge in [-0.15, -0.1) is 0 Å². The Labute approximate surface area is 113 Å². The average Bonchev–Trinajstić information content (AvgIpc) is 2.38. The molecule has 0 aromatic rings. The summed E-state index contributed by atoms with van der Waals surface area (Å²) < 4.78 is 0. The van der Waals surface area contributed by atoms with E-state index in [4.69, 9.17) is 0 Å². The highest BCUT2D eigenvalue weighted by Crippen LogP contribution is 2.11. The van der Waals surface area contributed by atoms with Gasteiger partial charge >= 0.3 is 0 Å². The van der Waals surface area contributed by atoms with E-state index in [2.05, 4.69) is 6.92 Å². The molecule has 106 valence electrons. The van der Waals surface area contributed by atoms with Crippen molar-refractivity contribution in [1.29, 1.82) is 0 Å². The van der Waals surface area contributed by atoms with Crippen LogP contribution in [0, 0.1) is 0 Å². The maximum atomic E-state index is 11.3. The minimum atomic E-state index is 0.252. The molecule has 0 saturated heterocycles. The van der Waals surface area contributed by atoms with Gasteiger partial charge in [-0.2, -0.15) is 0 Å². The predicted octanol–water partition coefficient (Wildman–Crippen LogP) is 4.85. The second-order valence-corrected chi connectivity index (χ2v) is 5.18. The normalized spacial score (nSPS) is 10.5. The van der Waals surface area contributed by atoms with Crippen LogP contribution in [0.15, 0.2) is 0 Å². The van der Waals surface area contributed by atoms with E-state index in [1.54, 1.807) is 0 Å². The second kappa shape index (κ2) is 14.4. The third-order valence-corrected chi connectivity index (χ3v) is 3.35. The molecule has 0 fully saturated rings. The van der Waals surface area contributed by atoms with Crippen LogP contribution in [0.4, 0.5) is 0 Å². The molecule has 0 rings (SSSR count). The summed E-state index contributed by atoms with van der Waals surface area (Å²) in [6.45, 7) is 2.25. The van der Waals surface area contributed by atoms with Gasteiger partial charge in [-0.05, 0) is 6.42 Å². The minimum absolute atomic E-state index is 0.252. The maximum absolute atomic E-state index is 11.3. The van der Waals surface area contributed by atoms with E-state index >= 15 is 0 Å². The average molecular weight is 254 g/mol. The fraction of sp³-hybridized carbons (Fsp3) is 0.875. The molecule has 0 saturated carbocycles. The van der Waals surface area contributed by atoms with Crippen molar-refractivity contribution in [2.45, 2.75) is 90.4 Å². The number of ketones is 1. The lowest BCUT2D eigenvalue weighted by Gasteiger charge is -2.02. The van der Waals surface area contributed by atoms with Gasteiger partial charge in [0.25, 0.3) is 0 Å². The maximum Gasteiger partial charge on any atom is 0.133 e. The lowest BCUT2D eigenvalue weighted by Crippen LogP contribution is -1.97. The molecule has 0 spiro atoms. The number of hydrogen-bond acceptors (Lipinski definition) is 2. The molecule has 0 aliphatic rings. The Bertz CT molecular complexity index is 199. The molecule has 2 nitrogen and oxygen atoms in total. The Balaban J connectivity index is 3.06. The summed E-state index contributed by atoms with van der Waals surface area (Å²) in [6, 6.07) is 0. The summed E-state index contributed by atoms with van der Waals surface area (Å²) in [6.07, 6.45) is 15.3. The van der Waals surface area contributed by atoms with Crippen molar-refractivity contribution >= 4 is 12.1 Å². The van der Waals surface area contributed by atoms with Gasteiger partial charge in [0.05, 0.1) is 0 Å². The molecule has 0 amide bonds. The second-order valence-electron chi connectivity index (χ2n) is 5.18. The van der Waals surface area contributed by atoms with E-state index < -0.39 is 0 Å². The first kappa shape index (κ1) is 17.3. The summed E-state index contributed by atoms with van der Waals surface area (Å²) in [5.41, 5.74) is 0. The molecule has 2 heteroatoms. The molecule has 18 heavy (non-hydrogen) atoms. The smallest absolute Gasteiger partial charge is 0.133 e. The van der Waals surface area contributed by atoms with Gasteiger partial charge in [0.15, 0.2) is 0 Å². The fourth-order valence-corrected chi connectivity index (χ4v) is 2.15. The van der Waals surface area contributed by atoms with E-state index in [0.717, 1.165) is 12.7 Å². The number of unbranched alkanes of at least 4 members (excludes halogenated alkanes) is 9. The van der Waals surface area contributed by atoms with Crippen molar-refractivity contribution < 1.29 is 9.59 Å². The molecule has 0 unspecified atom stereocenters. The van der Waals surface area contributed by atoms with Gasteiger partial charge in [0.1, 0.15) is 12.1 Å². The van der Waals surface area contributed by atoms with E-state index in [-0.39, 0.29) is 5.78 Å². The highest BCUT2D eigenvalue weighted by atomic mass is 16.1. The zero-order chi connectivity index (χ0) is 13.5. The summed E-state index contributed by atoms with van der Waals surface area (Å²) >= 11 is 0. The first-order chi connectivity index (χ1) is 8.81. The lowest BCUT2D eigenvalue weighted by molar-refractivity contribution is -0.120. The van der Waals surface area contributed by atoms with E-state index in [1.165, 1.54) is 57.8 Å². The number of Topliss-reactive ketones (excluding diaryl/α,β-unsaturated/α-hetero) is 1. The molecule has 0 aliphatic carbocycles. The van der Waals surface area contributed by atoms with Gasteiger partial charge in [0.2, 0.25) is 0 Å². The number of hydrogen-bond donors (Lipinski definition) is 0. The molecule has 0 N–H and O–H groups in total. The van der Waals surface area contributed by atoms with Gasteiger partial charge in [0, 0.05) is 19.3 Å². The van der Waals surface area contributed by atoms with Crippen LogP contribution in [0.3, 0.4) is 0 Å². The monoisotopic (exact) mass is 254 g/mol. The molecule has 0 atom stereocenters. The summed E-state index contributed by atoms with van der Waals surface area (Å²) in [5.74, 6) is 0.252. The van der Waals surface area contributed by atoms with Crippen molar-refractivity contribution in [1.82, 2.24) is 0 Å². The van der Waals surface area contributed by atoms with Gasteiger partial charge in [-0.3, -0.25) is 4.79 Å². The first-order valence-electron chi connectivity index (χ1n) is 7.76. The molecule has 0 radical (unpaired) electrons. The lowest BCUT2D eigenvalue weighted by atomic mass is 10.0. The Morgan fingerprint density at radius 3 is 1.78 bits per heavy atom.